The number of epoxide rings is 1. The monoisotopic (exact) mass is 187 g/mol. The standard InChI is InChI=1S/C9H17NO3/c1-6(7-5-12-7)10-8(11)13-9(2,3)4/h6-7H,5H2,1-4H3,(H,10,11)/t6-,7+/m1/s1. The molecule has 0 aliphatic carbocycles. The topological polar surface area (TPSA) is 50.9 Å². The summed E-state index contributed by atoms with van der Waals surface area (Å²) >= 11 is 0. The van der Waals surface area contributed by atoms with E-state index in [0.717, 1.165) is 6.61 Å². The maximum absolute atomic E-state index is 11.2. The summed E-state index contributed by atoms with van der Waals surface area (Å²) in [5.41, 5.74) is -0.436. The van der Waals surface area contributed by atoms with Gasteiger partial charge in [-0.1, -0.05) is 0 Å². The molecule has 0 radical (unpaired) electrons. The minimum Gasteiger partial charge on any atom is -0.444 e. The average Bonchev–Trinajstić information content (AvgIpc) is 2.60. The minimum atomic E-state index is -0.436. The Hall–Kier alpha value is -0.770. The lowest BCUT2D eigenvalue weighted by molar-refractivity contribution is 0.0500. The number of hydrogen-bond acceptors (Lipinski definition) is 3. The molecule has 4 nitrogen and oxygen atoms in total. The highest BCUT2D eigenvalue weighted by Gasteiger charge is 2.31. The van der Waals surface area contributed by atoms with Gasteiger partial charge in [0.1, 0.15) is 11.7 Å². The van der Waals surface area contributed by atoms with Gasteiger partial charge in [0.15, 0.2) is 0 Å². The summed E-state index contributed by atoms with van der Waals surface area (Å²) in [5.74, 6) is 0. The number of nitrogens with one attached hydrogen (secondary N) is 1. The van der Waals surface area contributed by atoms with Crippen molar-refractivity contribution >= 4 is 6.09 Å². The Bertz CT molecular complexity index is 194. The van der Waals surface area contributed by atoms with Gasteiger partial charge >= 0.3 is 6.09 Å². The Morgan fingerprint density at radius 2 is 2.15 bits per heavy atom. The quantitative estimate of drug-likeness (QED) is 0.663. The van der Waals surface area contributed by atoms with Gasteiger partial charge in [-0.25, -0.2) is 4.79 Å². The van der Waals surface area contributed by atoms with Crippen LogP contribution in [0.2, 0.25) is 0 Å². The van der Waals surface area contributed by atoms with Crippen LogP contribution in [-0.4, -0.2) is 30.4 Å². The fourth-order valence-corrected chi connectivity index (χ4v) is 0.931. The maximum Gasteiger partial charge on any atom is 0.407 e. The van der Waals surface area contributed by atoms with Crippen LogP contribution in [0.25, 0.3) is 0 Å². The highest BCUT2D eigenvalue weighted by molar-refractivity contribution is 5.68. The lowest BCUT2D eigenvalue weighted by Gasteiger charge is -2.21. The van der Waals surface area contributed by atoms with Gasteiger partial charge in [-0.3, -0.25) is 0 Å². The molecule has 0 unspecified atom stereocenters. The molecule has 13 heavy (non-hydrogen) atoms. The first kappa shape index (κ1) is 10.3. The summed E-state index contributed by atoms with van der Waals surface area (Å²) in [6.45, 7) is 8.15. The van der Waals surface area contributed by atoms with Gasteiger partial charge in [0, 0.05) is 0 Å². The summed E-state index contributed by atoms with van der Waals surface area (Å²) in [5, 5.41) is 2.71. The van der Waals surface area contributed by atoms with E-state index in [1.807, 2.05) is 27.7 Å². The number of ether oxygens (including phenoxy) is 2. The number of hydrogen-bond donors (Lipinski definition) is 1. The van der Waals surface area contributed by atoms with E-state index in [-0.39, 0.29) is 18.2 Å². The molecule has 1 N–H and O–H groups in total. The van der Waals surface area contributed by atoms with Crippen LogP contribution in [-0.2, 0) is 9.47 Å². The van der Waals surface area contributed by atoms with Crippen LogP contribution in [0.5, 0.6) is 0 Å². The Kier molecular flexibility index (Phi) is 2.81. The number of amides is 1. The molecular weight excluding hydrogens is 170 g/mol. The summed E-state index contributed by atoms with van der Waals surface area (Å²) < 4.78 is 10.1. The zero-order valence-corrected chi connectivity index (χ0v) is 8.59. The molecule has 1 heterocycles. The van der Waals surface area contributed by atoms with Crippen LogP contribution in [0.4, 0.5) is 4.79 Å². The second-order valence-corrected chi connectivity index (χ2v) is 4.31. The van der Waals surface area contributed by atoms with E-state index in [1.54, 1.807) is 0 Å². The average molecular weight is 187 g/mol. The number of carbonyl (C=O) groups excluding carboxylic acids is 1. The lowest BCUT2D eigenvalue weighted by atomic mass is 10.2. The molecule has 4 heteroatoms. The Balaban J connectivity index is 2.24. The smallest absolute Gasteiger partial charge is 0.407 e. The number of rotatable bonds is 2. The van der Waals surface area contributed by atoms with Gasteiger partial charge in [-0.15, -0.1) is 0 Å². The van der Waals surface area contributed by atoms with Crippen molar-refractivity contribution in [1.29, 1.82) is 0 Å². The largest absolute Gasteiger partial charge is 0.444 e. The van der Waals surface area contributed by atoms with Gasteiger partial charge in [0.2, 0.25) is 0 Å². The van der Waals surface area contributed by atoms with Crippen LogP contribution in [0, 0.1) is 0 Å². The van der Waals surface area contributed by atoms with Crippen molar-refractivity contribution in [3.8, 4) is 0 Å². The van der Waals surface area contributed by atoms with E-state index in [9.17, 15) is 4.79 Å². The molecule has 0 spiro atoms. The molecular formula is C9H17NO3. The predicted octanol–water partition coefficient (Wildman–Crippen LogP) is 1.30. The first-order valence-corrected chi connectivity index (χ1v) is 4.49. The van der Waals surface area contributed by atoms with Gasteiger partial charge in [-0.05, 0) is 27.7 Å². The lowest BCUT2D eigenvalue weighted by Crippen LogP contribution is -2.40. The Morgan fingerprint density at radius 1 is 1.62 bits per heavy atom. The first-order valence-electron chi connectivity index (χ1n) is 4.49. The van der Waals surface area contributed by atoms with Crippen molar-refractivity contribution in [3.63, 3.8) is 0 Å². The molecule has 0 bridgehead atoms. The molecule has 2 atom stereocenters. The van der Waals surface area contributed by atoms with E-state index >= 15 is 0 Å². The SMILES string of the molecule is C[C@@H](NC(=O)OC(C)(C)C)[C@@H]1CO1. The molecule has 1 aliphatic heterocycles. The normalized spacial score (nSPS) is 23.5. The zero-order chi connectivity index (χ0) is 10.1. The summed E-state index contributed by atoms with van der Waals surface area (Å²) in [6, 6.07) is 0.0369. The van der Waals surface area contributed by atoms with E-state index < -0.39 is 5.60 Å². The first-order chi connectivity index (χ1) is 5.88. The van der Waals surface area contributed by atoms with Crippen molar-refractivity contribution in [2.24, 2.45) is 0 Å². The van der Waals surface area contributed by atoms with Gasteiger partial charge in [0.25, 0.3) is 0 Å². The van der Waals surface area contributed by atoms with Crippen molar-refractivity contribution < 1.29 is 14.3 Å². The van der Waals surface area contributed by atoms with Crippen molar-refractivity contribution in [3.05, 3.63) is 0 Å². The van der Waals surface area contributed by atoms with Gasteiger partial charge in [-0.2, -0.15) is 0 Å². The molecule has 1 rings (SSSR count). The Labute approximate surface area is 78.6 Å². The fourth-order valence-electron chi connectivity index (χ4n) is 0.931. The van der Waals surface area contributed by atoms with Crippen LogP contribution in [0.3, 0.4) is 0 Å². The third-order valence-corrected chi connectivity index (χ3v) is 1.66. The Morgan fingerprint density at radius 3 is 2.54 bits per heavy atom. The van der Waals surface area contributed by atoms with Crippen molar-refractivity contribution in [2.75, 3.05) is 6.61 Å². The minimum absolute atomic E-state index is 0.0369. The second-order valence-electron chi connectivity index (χ2n) is 4.31. The predicted molar refractivity (Wildman–Crippen MR) is 48.6 cm³/mol. The van der Waals surface area contributed by atoms with Crippen LogP contribution >= 0.6 is 0 Å². The van der Waals surface area contributed by atoms with Gasteiger partial charge in [0.05, 0.1) is 12.6 Å². The zero-order valence-electron chi connectivity index (χ0n) is 8.59. The maximum atomic E-state index is 11.2. The number of alkyl carbamates (subject to hydrolysis) is 1. The molecule has 1 amide bonds. The molecule has 1 fully saturated rings. The number of carbonyl (C=O) groups is 1. The van der Waals surface area contributed by atoms with Crippen LogP contribution in [0.15, 0.2) is 0 Å². The molecule has 0 aromatic rings. The highest BCUT2D eigenvalue weighted by atomic mass is 16.6. The summed E-state index contributed by atoms with van der Waals surface area (Å²) in [4.78, 5) is 11.2. The van der Waals surface area contributed by atoms with E-state index in [2.05, 4.69) is 5.32 Å². The van der Waals surface area contributed by atoms with Crippen molar-refractivity contribution in [2.45, 2.75) is 45.4 Å². The molecule has 0 aromatic heterocycles. The van der Waals surface area contributed by atoms with Crippen LogP contribution in [0.1, 0.15) is 27.7 Å². The molecule has 0 aromatic carbocycles. The summed E-state index contributed by atoms with van der Waals surface area (Å²) in [7, 11) is 0. The molecule has 0 saturated carbocycles. The van der Waals surface area contributed by atoms with Crippen LogP contribution < -0.4 is 5.32 Å². The second kappa shape index (κ2) is 3.54. The third-order valence-electron chi connectivity index (χ3n) is 1.66. The van der Waals surface area contributed by atoms with E-state index in [4.69, 9.17) is 9.47 Å². The van der Waals surface area contributed by atoms with Crippen molar-refractivity contribution in [1.82, 2.24) is 5.32 Å². The fraction of sp³-hybridized carbons (Fsp3) is 0.889. The molecule has 1 aliphatic rings. The van der Waals surface area contributed by atoms with E-state index in [1.165, 1.54) is 0 Å². The highest BCUT2D eigenvalue weighted by Crippen LogP contribution is 2.14. The molecule has 1 saturated heterocycles. The van der Waals surface area contributed by atoms with E-state index in [0.29, 0.717) is 0 Å². The third kappa shape index (κ3) is 4.12. The summed E-state index contributed by atoms with van der Waals surface area (Å²) in [6.07, 6.45) is -0.206. The molecule has 76 valence electrons. The van der Waals surface area contributed by atoms with Gasteiger partial charge < -0.3 is 14.8 Å².